The smallest absolute Gasteiger partial charge is 0.233 e. The molecule has 0 amide bonds. The van der Waals surface area contributed by atoms with Crippen LogP contribution in [0.4, 0.5) is 27.9 Å². The van der Waals surface area contributed by atoms with Crippen molar-refractivity contribution >= 4 is 58.3 Å². The fourth-order valence-corrected chi connectivity index (χ4v) is 5.90. The Morgan fingerprint density at radius 1 is 0.857 bits per heavy atom. The van der Waals surface area contributed by atoms with Crippen LogP contribution in [-0.4, -0.2) is 69.2 Å². The van der Waals surface area contributed by atoms with Gasteiger partial charge in [0.15, 0.2) is 11.6 Å². The Bertz CT molecular complexity index is 1250. The van der Waals surface area contributed by atoms with Gasteiger partial charge in [0.05, 0.1) is 7.11 Å². The van der Waals surface area contributed by atoms with Crippen molar-refractivity contribution in [3.05, 3.63) is 45.7 Å². The number of hydrogen-bond acceptors (Lipinski definition) is 10. The van der Waals surface area contributed by atoms with Crippen LogP contribution in [0.3, 0.4) is 0 Å². The third-order valence-corrected chi connectivity index (χ3v) is 7.91. The molecule has 0 spiro atoms. The molecule has 1 aliphatic carbocycles. The van der Waals surface area contributed by atoms with Crippen LogP contribution < -0.4 is 20.7 Å². The van der Waals surface area contributed by atoms with E-state index < -0.39 is 5.82 Å². The second kappa shape index (κ2) is 16.2. The molecule has 0 radical (unpaired) electrons. The Morgan fingerprint density at radius 2 is 1.52 bits per heavy atom. The molecule has 0 unspecified atom stereocenters. The quantitative estimate of drug-likeness (QED) is 0.157. The van der Waals surface area contributed by atoms with Gasteiger partial charge in [0.2, 0.25) is 23.1 Å². The highest BCUT2D eigenvalue weighted by atomic mass is 35.5. The van der Waals surface area contributed by atoms with Crippen LogP contribution in [0.5, 0.6) is 5.75 Å². The number of rotatable bonds is 10. The molecule has 42 heavy (non-hydrogen) atoms. The molecule has 1 atom stereocenters. The number of likely N-dealkylation sites (tertiary alicyclic amines) is 1. The molecule has 1 saturated heterocycles. The fraction of sp³-hybridized carbons (Fsp3) is 0.536. The molecular formula is C28H37Cl3FN9O. The highest BCUT2D eigenvalue weighted by molar-refractivity contribution is 6.35. The molecule has 2 fully saturated rings. The lowest BCUT2D eigenvalue weighted by Gasteiger charge is -2.23. The summed E-state index contributed by atoms with van der Waals surface area (Å²) in [5.74, 6) is 1.85. The number of hydrogen-bond donors (Lipinski definition) is 3. The standard InChI is InChI=1S/C24H36FN7O.C4HCl3N2/c1-3-32-13-7-10-19(32)16-27-23-29-22(26-15-17-8-5-4-6-9-17)30-24(31-23)28-18-11-12-21(33-2)20(25)14-18;5-2-1-3(6)9-4(7)8-2/h11-12,14,17,19H,3-10,13,15-16H2,1-2H3,(H3,26,27,28,29,30,31);1H/t19-;/m0./s1. The van der Waals surface area contributed by atoms with Crippen molar-refractivity contribution in [1.29, 1.82) is 0 Å². The van der Waals surface area contributed by atoms with E-state index in [0.717, 1.165) is 26.2 Å². The number of nitrogens with one attached hydrogen (secondary N) is 3. The molecule has 5 rings (SSSR count). The van der Waals surface area contributed by atoms with Crippen LogP contribution >= 0.6 is 34.8 Å². The van der Waals surface area contributed by atoms with Crippen molar-refractivity contribution < 1.29 is 9.13 Å². The van der Waals surface area contributed by atoms with Crippen molar-refractivity contribution in [2.24, 2.45) is 5.92 Å². The number of methoxy groups -OCH3 is 1. The largest absolute Gasteiger partial charge is 0.494 e. The number of likely N-dealkylation sites (N-methyl/N-ethyl adjacent to an activating group) is 1. The molecule has 3 heterocycles. The lowest BCUT2D eigenvalue weighted by atomic mass is 9.89. The summed E-state index contributed by atoms with van der Waals surface area (Å²) in [6.07, 6.45) is 8.81. The predicted octanol–water partition coefficient (Wildman–Crippen LogP) is 7.09. The zero-order valence-electron chi connectivity index (χ0n) is 23.8. The monoisotopic (exact) mass is 639 g/mol. The summed E-state index contributed by atoms with van der Waals surface area (Å²) in [4.78, 5) is 23.3. The van der Waals surface area contributed by atoms with Crippen molar-refractivity contribution in [3.8, 4) is 5.75 Å². The van der Waals surface area contributed by atoms with Gasteiger partial charge in [-0.15, -0.1) is 0 Å². The van der Waals surface area contributed by atoms with E-state index in [1.165, 1.54) is 64.2 Å². The molecule has 2 aliphatic rings. The predicted molar refractivity (Wildman–Crippen MR) is 167 cm³/mol. The lowest BCUT2D eigenvalue weighted by Crippen LogP contribution is -2.35. The number of nitrogens with zero attached hydrogens (tertiary/aromatic N) is 6. The van der Waals surface area contributed by atoms with Gasteiger partial charge >= 0.3 is 0 Å². The average molecular weight is 641 g/mol. The van der Waals surface area contributed by atoms with E-state index in [0.29, 0.717) is 35.5 Å². The average Bonchev–Trinajstić information content (AvgIpc) is 3.43. The van der Waals surface area contributed by atoms with Gasteiger partial charge in [0.25, 0.3) is 0 Å². The number of anilines is 4. The van der Waals surface area contributed by atoms with Gasteiger partial charge < -0.3 is 20.7 Å². The summed E-state index contributed by atoms with van der Waals surface area (Å²) < 4.78 is 19.2. The first kappa shape index (κ1) is 32.2. The Morgan fingerprint density at radius 3 is 2.14 bits per heavy atom. The van der Waals surface area contributed by atoms with Crippen molar-refractivity contribution in [3.63, 3.8) is 0 Å². The molecule has 3 aromatic rings. The minimum absolute atomic E-state index is 0.0625. The van der Waals surface area contributed by atoms with Crippen LogP contribution in [0.2, 0.25) is 15.6 Å². The van der Waals surface area contributed by atoms with E-state index in [1.807, 2.05) is 0 Å². The van der Waals surface area contributed by atoms with Gasteiger partial charge in [-0.25, -0.2) is 14.4 Å². The number of benzene rings is 1. The second-order valence-electron chi connectivity index (χ2n) is 10.3. The SMILES string of the molecule is CCN1CCC[C@H]1CNc1nc(NCC2CCCCC2)nc(Nc2ccc(OC)c(F)c2)n1.Clc1cc(Cl)nc(Cl)n1. The second-order valence-corrected chi connectivity index (χ2v) is 11.4. The number of aromatic nitrogens is 5. The molecule has 1 saturated carbocycles. The third-order valence-electron chi connectivity index (χ3n) is 7.35. The maximum Gasteiger partial charge on any atom is 0.233 e. The van der Waals surface area contributed by atoms with Crippen molar-refractivity contribution in [2.45, 2.75) is 57.9 Å². The minimum Gasteiger partial charge on any atom is -0.494 e. The third kappa shape index (κ3) is 9.93. The Kier molecular flexibility index (Phi) is 12.4. The van der Waals surface area contributed by atoms with Gasteiger partial charge in [-0.2, -0.15) is 15.0 Å². The Balaban J connectivity index is 0.000000385. The molecule has 1 aliphatic heterocycles. The van der Waals surface area contributed by atoms with Crippen LogP contribution in [0.15, 0.2) is 24.3 Å². The van der Waals surface area contributed by atoms with E-state index in [1.54, 1.807) is 12.1 Å². The maximum absolute atomic E-state index is 14.2. The molecule has 228 valence electrons. The van der Waals surface area contributed by atoms with Crippen molar-refractivity contribution in [1.82, 2.24) is 29.8 Å². The van der Waals surface area contributed by atoms with E-state index in [4.69, 9.17) is 39.5 Å². The zero-order valence-corrected chi connectivity index (χ0v) is 26.1. The summed E-state index contributed by atoms with van der Waals surface area (Å²) in [6, 6.07) is 6.60. The normalized spacial score (nSPS) is 17.3. The molecule has 1 aromatic carbocycles. The van der Waals surface area contributed by atoms with Gasteiger partial charge in [-0.3, -0.25) is 4.90 Å². The fourth-order valence-electron chi connectivity index (χ4n) is 5.21. The van der Waals surface area contributed by atoms with E-state index >= 15 is 0 Å². The van der Waals surface area contributed by atoms with E-state index in [-0.39, 0.29) is 21.3 Å². The first-order valence-corrected chi connectivity index (χ1v) is 15.4. The highest BCUT2D eigenvalue weighted by Crippen LogP contribution is 2.25. The summed E-state index contributed by atoms with van der Waals surface area (Å²) in [5.41, 5.74) is 0.552. The van der Waals surface area contributed by atoms with Gasteiger partial charge in [-0.1, -0.05) is 49.4 Å². The van der Waals surface area contributed by atoms with Gasteiger partial charge in [0.1, 0.15) is 10.3 Å². The minimum atomic E-state index is -0.438. The summed E-state index contributed by atoms with van der Waals surface area (Å²) in [6.45, 7) is 6.03. The zero-order chi connectivity index (χ0) is 29.9. The van der Waals surface area contributed by atoms with Crippen LogP contribution in [0.1, 0.15) is 51.9 Å². The highest BCUT2D eigenvalue weighted by Gasteiger charge is 2.23. The number of halogens is 4. The molecule has 0 bridgehead atoms. The Labute approximate surface area is 261 Å². The van der Waals surface area contributed by atoms with Gasteiger partial charge in [0, 0.05) is 37.0 Å². The number of ether oxygens (including phenoxy) is 1. The summed E-state index contributed by atoms with van der Waals surface area (Å²) in [5, 5.41) is 10.5. The maximum atomic E-state index is 14.2. The van der Waals surface area contributed by atoms with Crippen molar-refractivity contribution in [2.75, 3.05) is 49.2 Å². The van der Waals surface area contributed by atoms with Gasteiger partial charge in [-0.05, 0) is 68.4 Å². The first-order valence-electron chi connectivity index (χ1n) is 14.3. The first-order chi connectivity index (χ1) is 20.3. The molecule has 2 aromatic heterocycles. The Hall–Kier alpha value is -2.73. The summed E-state index contributed by atoms with van der Waals surface area (Å²) in [7, 11) is 1.45. The van der Waals surface area contributed by atoms with Crippen LogP contribution in [0, 0.1) is 11.7 Å². The molecule has 3 N–H and O–H groups in total. The van der Waals surface area contributed by atoms with Crippen LogP contribution in [-0.2, 0) is 0 Å². The molecule has 10 nitrogen and oxygen atoms in total. The van der Waals surface area contributed by atoms with E-state index in [2.05, 4.69) is 52.7 Å². The summed E-state index contributed by atoms with van der Waals surface area (Å²) >= 11 is 16.2. The molecular weight excluding hydrogens is 604 g/mol. The van der Waals surface area contributed by atoms with E-state index in [9.17, 15) is 4.39 Å². The van der Waals surface area contributed by atoms with Crippen LogP contribution in [0.25, 0.3) is 0 Å². The topological polar surface area (TPSA) is 113 Å². The molecule has 14 heteroatoms. The lowest BCUT2D eigenvalue weighted by molar-refractivity contribution is 0.277.